The number of aryl methyl sites for hydroxylation is 1. The van der Waals surface area contributed by atoms with Gasteiger partial charge in [0.2, 0.25) is 0 Å². The summed E-state index contributed by atoms with van der Waals surface area (Å²) in [6.45, 7) is 7.29. The fourth-order valence-electron chi connectivity index (χ4n) is 3.09. The minimum absolute atomic E-state index is 0.507. The molecule has 21 heavy (non-hydrogen) atoms. The van der Waals surface area contributed by atoms with Gasteiger partial charge in [-0.25, -0.2) is 0 Å². The summed E-state index contributed by atoms with van der Waals surface area (Å²) in [5.41, 5.74) is 2.61. The molecule has 0 spiro atoms. The van der Waals surface area contributed by atoms with Gasteiger partial charge in [-0.15, -0.1) is 0 Å². The minimum atomic E-state index is 0.507. The van der Waals surface area contributed by atoms with Crippen molar-refractivity contribution < 1.29 is 9.47 Å². The Hall–Kier alpha value is -1.06. The largest absolute Gasteiger partial charge is 0.496 e. The quantitative estimate of drug-likeness (QED) is 0.797. The zero-order valence-electron chi connectivity index (χ0n) is 13.7. The van der Waals surface area contributed by atoms with Crippen LogP contribution in [0.4, 0.5) is 0 Å². The Morgan fingerprint density at radius 3 is 2.95 bits per heavy atom. The molecule has 2 rings (SSSR count). The highest BCUT2D eigenvalue weighted by atomic mass is 16.5. The van der Waals surface area contributed by atoms with Crippen LogP contribution < -0.4 is 10.1 Å². The third-order valence-electron chi connectivity index (χ3n) is 4.23. The molecule has 0 aromatic heterocycles. The summed E-state index contributed by atoms with van der Waals surface area (Å²) < 4.78 is 11.0. The summed E-state index contributed by atoms with van der Waals surface area (Å²) in [5, 5.41) is 3.70. The summed E-state index contributed by atoms with van der Waals surface area (Å²) >= 11 is 0. The van der Waals surface area contributed by atoms with E-state index in [1.807, 2.05) is 0 Å². The van der Waals surface area contributed by atoms with Gasteiger partial charge in [-0.3, -0.25) is 0 Å². The molecule has 3 nitrogen and oxygen atoms in total. The van der Waals surface area contributed by atoms with Crippen LogP contribution in [0, 0.1) is 12.8 Å². The molecule has 1 fully saturated rings. The molecule has 0 saturated carbocycles. The van der Waals surface area contributed by atoms with Gasteiger partial charge in [-0.05, 0) is 56.7 Å². The van der Waals surface area contributed by atoms with Gasteiger partial charge in [-0.1, -0.05) is 24.6 Å². The number of hydrogen-bond donors (Lipinski definition) is 1. The van der Waals surface area contributed by atoms with Crippen LogP contribution in [0.1, 0.15) is 37.3 Å². The summed E-state index contributed by atoms with van der Waals surface area (Å²) in [6, 6.07) is 6.96. The standard InChI is InChI=1S/C18H29NO2/c1-4-8-19-17(11-15-7-9-21-13-15)12-16-10-14(2)5-6-18(16)20-3/h5-6,10,15,17,19H,4,7-9,11-13H2,1-3H3. The van der Waals surface area contributed by atoms with Crippen molar-refractivity contribution in [2.75, 3.05) is 26.9 Å². The lowest BCUT2D eigenvalue weighted by atomic mass is 9.93. The highest BCUT2D eigenvalue weighted by Crippen LogP contribution is 2.25. The number of nitrogens with one attached hydrogen (secondary N) is 1. The second-order valence-electron chi connectivity index (χ2n) is 6.14. The molecule has 1 aliphatic rings. The van der Waals surface area contributed by atoms with Crippen molar-refractivity contribution in [1.29, 1.82) is 0 Å². The van der Waals surface area contributed by atoms with Crippen LogP contribution in [0.3, 0.4) is 0 Å². The van der Waals surface area contributed by atoms with Crippen LogP contribution in [0.2, 0.25) is 0 Å². The molecular formula is C18H29NO2. The van der Waals surface area contributed by atoms with E-state index in [-0.39, 0.29) is 0 Å². The summed E-state index contributed by atoms with van der Waals surface area (Å²) in [5.74, 6) is 1.71. The number of hydrogen-bond acceptors (Lipinski definition) is 3. The van der Waals surface area contributed by atoms with Crippen molar-refractivity contribution in [3.8, 4) is 5.75 Å². The molecule has 1 heterocycles. The lowest BCUT2D eigenvalue weighted by Gasteiger charge is -2.22. The van der Waals surface area contributed by atoms with Crippen LogP contribution in [0.25, 0.3) is 0 Å². The van der Waals surface area contributed by atoms with Crippen LogP contribution in [0.5, 0.6) is 5.75 Å². The van der Waals surface area contributed by atoms with E-state index >= 15 is 0 Å². The van der Waals surface area contributed by atoms with Crippen LogP contribution in [-0.2, 0) is 11.2 Å². The Kier molecular flexibility index (Phi) is 6.52. The van der Waals surface area contributed by atoms with Gasteiger partial charge in [0.1, 0.15) is 5.75 Å². The fourth-order valence-corrected chi connectivity index (χ4v) is 3.09. The van der Waals surface area contributed by atoms with E-state index in [9.17, 15) is 0 Å². The zero-order chi connectivity index (χ0) is 15.1. The number of rotatable bonds is 8. The highest BCUT2D eigenvalue weighted by molar-refractivity contribution is 5.37. The topological polar surface area (TPSA) is 30.5 Å². The number of benzene rings is 1. The molecule has 118 valence electrons. The van der Waals surface area contributed by atoms with Gasteiger partial charge >= 0.3 is 0 Å². The van der Waals surface area contributed by atoms with Gasteiger partial charge in [0.25, 0.3) is 0 Å². The molecule has 2 atom stereocenters. The second-order valence-corrected chi connectivity index (χ2v) is 6.14. The van der Waals surface area contributed by atoms with Crippen LogP contribution in [-0.4, -0.2) is 32.9 Å². The second kappa shape index (κ2) is 8.40. The Morgan fingerprint density at radius 1 is 1.43 bits per heavy atom. The smallest absolute Gasteiger partial charge is 0.122 e. The molecule has 0 bridgehead atoms. The molecule has 2 unspecified atom stereocenters. The van der Waals surface area contributed by atoms with Crippen molar-refractivity contribution in [2.24, 2.45) is 5.92 Å². The fraction of sp³-hybridized carbons (Fsp3) is 0.667. The summed E-state index contributed by atoms with van der Waals surface area (Å²) in [4.78, 5) is 0. The molecule has 1 aromatic carbocycles. The van der Waals surface area contributed by atoms with E-state index in [4.69, 9.17) is 9.47 Å². The first-order valence-electron chi connectivity index (χ1n) is 8.17. The lowest BCUT2D eigenvalue weighted by molar-refractivity contribution is 0.181. The van der Waals surface area contributed by atoms with Crippen LogP contribution in [0.15, 0.2) is 18.2 Å². The average Bonchev–Trinajstić information content (AvgIpc) is 2.98. The van der Waals surface area contributed by atoms with Gasteiger partial charge in [0.05, 0.1) is 7.11 Å². The molecule has 1 aromatic rings. The monoisotopic (exact) mass is 291 g/mol. The first-order valence-corrected chi connectivity index (χ1v) is 8.17. The lowest BCUT2D eigenvalue weighted by Crippen LogP contribution is -2.34. The molecule has 0 aliphatic carbocycles. The molecule has 1 N–H and O–H groups in total. The summed E-state index contributed by atoms with van der Waals surface area (Å²) in [7, 11) is 1.76. The Balaban J connectivity index is 2.03. The first kappa shape index (κ1) is 16.3. The Bertz CT molecular complexity index is 427. The van der Waals surface area contributed by atoms with Gasteiger partial charge in [0.15, 0.2) is 0 Å². The predicted octanol–water partition coefficient (Wildman–Crippen LogP) is 3.34. The van der Waals surface area contributed by atoms with E-state index in [2.05, 4.69) is 37.4 Å². The molecule has 1 saturated heterocycles. The van der Waals surface area contributed by atoms with Gasteiger partial charge in [-0.2, -0.15) is 0 Å². The molecule has 1 aliphatic heterocycles. The maximum Gasteiger partial charge on any atom is 0.122 e. The minimum Gasteiger partial charge on any atom is -0.496 e. The average molecular weight is 291 g/mol. The zero-order valence-corrected chi connectivity index (χ0v) is 13.7. The maximum atomic E-state index is 5.52. The normalized spacial score (nSPS) is 19.7. The van der Waals surface area contributed by atoms with E-state index in [1.54, 1.807) is 7.11 Å². The van der Waals surface area contributed by atoms with E-state index in [0.29, 0.717) is 12.0 Å². The predicted molar refractivity (Wildman–Crippen MR) is 87.1 cm³/mol. The maximum absolute atomic E-state index is 5.52. The van der Waals surface area contributed by atoms with Crippen molar-refractivity contribution in [1.82, 2.24) is 5.32 Å². The first-order chi connectivity index (χ1) is 10.2. The Labute approximate surface area is 129 Å². The summed E-state index contributed by atoms with van der Waals surface area (Å²) in [6.07, 6.45) is 4.59. The third-order valence-corrected chi connectivity index (χ3v) is 4.23. The molecule has 0 radical (unpaired) electrons. The van der Waals surface area contributed by atoms with Crippen molar-refractivity contribution in [3.63, 3.8) is 0 Å². The van der Waals surface area contributed by atoms with Gasteiger partial charge in [0, 0.05) is 19.3 Å². The number of ether oxygens (including phenoxy) is 2. The molecular weight excluding hydrogens is 262 g/mol. The van der Waals surface area contributed by atoms with Crippen molar-refractivity contribution >= 4 is 0 Å². The number of methoxy groups -OCH3 is 1. The third kappa shape index (κ3) is 5.01. The van der Waals surface area contributed by atoms with Crippen molar-refractivity contribution in [2.45, 2.75) is 45.6 Å². The van der Waals surface area contributed by atoms with Crippen LogP contribution >= 0.6 is 0 Å². The van der Waals surface area contributed by atoms with E-state index in [1.165, 1.54) is 30.4 Å². The van der Waals surface area contributed by atoms with Crippen molar-refractivity contribution in [3.05, 3.63) is 29.3 Å². The van der Waals surface area contributed by atoms with E-state index in [0.717, 1.165) is 31.9 Å². The Morgan fingerprint density at radius 2 is 2.29 bits per heavy atom. The molecule has 3 heteroatoms. The van der Waals surface area contributed by atoms with Gasteiger partial charge < -0.3 is 14.8 Å². The molecule has 0 amide bonds. The SMILES string of the molecule is CCCNC(Cc1cc(C)ccc1OC)CC1CCOC1. The highest BCUT2D eigenvalue weighted by Gasteiger charge is 2.21. The van der Waals surface area contributed by atoms with E-state index < -0.39 is 0 Å².